The van der Waals surface area contributed by atoms with Crippen LogP contribution in [0.25, 0.3) is 0 Å². The van der Waals surface area contributed by atoms with Crippen LogP contribution < -0.4 is 24.4 Å². The van der Waals surface area contributed by atoms with Crippen LogP contribution in [-0.4, -0.2) is 70.6 Å². The second-order valence-electron chi connectivity index (χ2n) is 7.64. The van der Waals surface area contributed by atoms with Crippen LogP contribution in [0.5, 0.6) is 17.2 Å². The fraction of sp³-hybridized carbons (Fsp3) is 0.417. The molecule has 32 heavy (non-hydrogen) atoms. The molecular weight excluding hydrogens is 410 g/mol. The van der Waals surface area contributed by atoms with Gasteiger partial charge >= 0.3 is 0 Å². The van der Waals surface area contributed by atoms with E-state index in [-0.39, 0.29) is 11.7 Å². The average Bonchev–Trinajstić information content (AvgIpc) is 2.82. The number of Topliss-reactive ketones (excluding diaryl/α,β-unsaturated/α-hetero) is 1. The number of hydrogen-bond acceptors (Lipinski definition) is 7. The van der Waals surface area contributed by atoms with Gasteiger partial charge in [-0.1, -0.05) is 0 Å². The van der Waals surface area contributed by atoms with E-state index in [1.54, 1.807) is 40.4 Å². The van der Waals surface area contributed by atoms with Gasteiger partial charge in [0.25, 0.3) is 0 Å². The van der Waals surface area contributed by atoms with E-state index in [1.165, 1.54) is 0 Å². The molecule has 8 heteroatoms. The molecule has 0 atom stereocenters. The Kier molecular flexibility index (Phi) is 7.94. The zero-order valence-electron chi connectivity index (χ0n) is 19.1. The van der Waals surface area contributed by atoms with Gasteiger partial charge < -0.3 is 24.4 Å². The SMILES string of the molecule is COc1cc(NC(=O)CCN2CCN(c3ccc(C(C)=O)cc3)CC2)cc(OC)c1OC. The maximum Gasteiger partial charge on any atom is 0.225 e. The van der Waals surface area contributed by atoms with Crippen molar-refractivity contribution in [1.82, 2.24) is 4.90 Å². The molecule has 0 saturated carbocycles. The summed E-state index contributed by atoms with van der Waals surface area (Å²) in [6.07, 6.45) is 0.393. The molecular formula is C24H31N3O5. The number of ether oxygens (including phenoxy) is 3. The highest BCUT2D eigenvalue weighted by Gasteiger charge is 2.19. The molecule has 2 aromatic carbocycles. The van der Waals surface area contributed by atoms with Gasteiger partial charge in [-0.2, -0.15) is 0 Å². The van der Waals surface area contributed by atoms with Crippen molar-refractivity contribution in [3.63, 3.8) is 0 Å². The highest BCUT2D eigenvalue weighted by atomic mass is 16.5. The molecule has 0 bridgehead atoms. The molecule has 0 radical (unpaired) electrons. The summed E-state index contributed by atoms with van der Waals surface area (Å²) in [5.41, 5.74) is 2.45. The van der Waals surface area contributed by atoms with Crippen molar-refractivity contribution in [2.24, 2.45) is 0 Å². The molecule has 3 rings (SSSR count). The van der Waals surface area contributed by atoms with E-state index in [2.05, 4.69) is 15.1 Å². The Bertz CT molecular complexity index is 912. The van der Waals surface area contributed by atoms with Crippen molar-refractivity contribution in [3.05, 3.63) is 42.0 Å². The van der Waals surface area contributed by atoms with Crippen molar-refractivity contribution >= 4 is 23.1 Å². The smallest absolute Gasteiger partial charge is 0.225 e. The van der Waals surface area contributed by atoms with E-state index in [4.69, 9.17) is 14.2 Å². The molecule has 8 nitrogen and oxygen atoms in total. The van der Waals surface area contributed by atoms with Gasteiger partial charge in [-0.25, -0.2) is 0 Å². The molecule has 1 N–H and O–H groups in total. The summed E-state index contributed by atoms with van der Waals surface area (Å²) in [6.45, 7) is 5.79. The Balaban J connectivity index is 1.48. The second kappa shape index (κ2) is 10.9. The molecule has 2 aromatic rings. The predicted octanol–water partition coefficient (Wildman–Crippen LogP) is 3.07. The van der Waals surface area contributed by atoms with Crippen molar-refractivity contribution in [3.8, 4) is 17.2 Å². The number of nitrogens with one attached hydrogen (secondary N) is 1. The molecule has 0 aromatic heterocycles. The first kappa shape index (κ1) is 23.4. The molecule has 1 aliphatic rings. The normalized spacial score (nSPS) is 14.1. The largest absolute Gasteiger partial charge is 0.493 e. The number of nitrogens with zero attached hydrogens (tertiary/aromatic N) is 2. The topological polar surface area (TPSA) is 80.3 Å². The van der Waals surface area contributed by atoms with Crippen LogP contribution in [0.1, 0.15) is 23.7 Å². The van der Waals surface area contributed by atoms with E-state index in [0.29, 0.717) is 35.9 Å². The minimum absolute atomic E-state index is 0.0680. The molecule has 0 spiro atoms. The van der Waals surface area contributed by atoms with Gasteiger partial charge in [0.15, 0.2) is 17.3 Å². The summed E-state index contributed by atoms with van der Waals surface area (Å²) in [5, 5.41) is 2.91. The zero-order valence-corrected chi connectivity index (χ0v) is 19.1. The maximum atomic E-state index is 12.5. The van der Waals surface area contributed by atoms with Gasteiger partial charge in [-0.3, -0.25) is 14.5 Å². The van der Waals surface area contributed by atoms with Gasteiger partial charge in [0, 0.05) is 68.2 Å². The number of carbonyl (C=O) groups excluding carboxylic acids is 2. The first-order valence-corrected chi connectivity index (χ1v) is 10.6. The van der Waals surface area contributed by atoms with Crippen LogP contribution in [-0.2, 0) is 4.79 Å². The van der Waals surface area contributed by atoms with Crippen LogP contribution in [0.3, 0.4) is 0 Å². The lowest BCUT2D eigenvalue weighted by molar-refractivity contribution is -0.116. The molecule has 0 aliphatic carbocycles. The quantitative estimate of drug-likeness (QED) is 0.599. The number of ketones is 1. The number of hydrogen-bond donors (Lipinski definition) is 1. The van der Waals surface area contributed by atoms with E-state index in [1.807, 2.05) is 24.3 Å². The average molecular weight is 442 g/mol. The lowest BCUT2D eigenvalue weighted by Crippen LogP contribution is -2.47. The van der Waals surface area contributed by atoms with Crippen LogP contribution >= 0.6 is 0 Å². The van der Waals surface area contributed by atoms with E-state index < -0.39 is 0 Å². The van der Waals surface area contributed by atoms with Gasteiger partial charge in [-0.15, -0.1) is 0 Å². The van der Waals surface area contributed by atoms with Crippen LogP contribution in [0.15, 0.2) is 36.4 Å². The Morgan fingerprint density at radius 1 is 0.906 bits per heavy atom. The van der Waals surface area contributed by atoms with Gasteiger partial charge in [0.05, 0.1) is 21.3 Å². The third-order valence-electron chi connectivity index (χ3n) is 5.61. The fourth-order valence-electron chi connectivity index (χ4n) is 3.77. The number of rotatable bonds is 9. The molecule has 0 unspecified atom stereocenters. The van der Waals surface area contributed by atoms with Crippen LogP contribution in [0.4, 0.5) is 11.4 Å². The third kappa shape index (κ3) is 5.70. The summed E-state index contributed by atoms with van der Waals surface area (Å²) in [5.74, 6) is 1.48. The summed E-state index contributed by atoms with van der Waals surface area (Å²) >= 11 is 0. The molecule has 1 heterocycles. The highest BCUT2D eigenvalue weighted by Crippen LogP contribution is 2.39. The molecule has 1 aliphatic heterocycles. The Morgan fingerprint density at radius 3 is 2.00 bits per heavy atom. The standard InChI is InChI=1S/C24H31N3O5/c1-17(28)18-5-7-20(8-6-18)27-13-11-26(12-14-27)10-9-23(29)25-19-15-21(30-2)24(32-4)22(16-19)31-3/h5-8,15-16H,9-14H2,1-4H3,(H,25,29). The van der Waals surface area contributed by atoms with Gasteiger partial charge in [0.2, 0.25) is 11.7 Å². The van der Waals surface area contributed by atoms with Crippen LogP contribution in [0.2, 0.25) is 0 Å². The molecule has 1 amide bonds. The molecule has 172 valence electrons. The van der Waals surface area contributed by atoms with E-state index >= 15 is 0 Å². The Morgan fingerprint density at radius 2 is 1.50 bits per heavy atom. The monoisotopic (exact) mass is 441 g/mol. The Hall–Kier alpha value is -3.26. The summed E-state index contributed by atoms with van der Waals surface area (Å²) in [7, 11) is 4.62. The number of carbonyl (C=O) groups is 2. The number of amides is 1. The number of anilines is 2. The number of benzene rings is 2. The fourth-order valence-corrected chi connectivity index (χ4v) is 3.77. The third-order valence-corrected chi connectivity index (χ3v) is 5.61. The minimum Gasteiger partial charge on any atom is -0.493 e. The molecule has 1 fully saturated rings. The van der Waals surface area contributed by atoms with Crippen molar-refractivity contribution in [2.45, 2.75) is 13.3 Å². The van der Waals surface area contributed by atoms with Gasteiger partial charge in [0.1, 0.15) is 0 Å². The highest BCUT2D eigenvalue weighted by molar-refractivity contribution is 5.94. The lowest BCUT2D eigenvalue weighted by atomic mass is 10.1. The van der Waals surface area contributed by atoms with E-state index in [0.717, 1.165) is 37.4 Å². The first-order valence-electron chi connectivity index (χ1n) is 10.6. The summed E-state index contributed by atoms with van der Waals surface area (Å²) in [6, 6.07) is 11.2. The van der Waals surface area contributed by atoms with Crippen molar-refractivity contribution in [2.75, 3.05) is 64.3 Å². The minimum atomic E-state index is -0.0680. The number of piperazine rings is 1. The van der Waals surface area contributed by atoms with E-state index in [9.17, 15) is 9.59 Å². The summed E-state index contributed by atoms with van der Waals surface area (Å²) < 4.78 is 16.0. The zero-order chi connectivity index (χ0) is 23.1. The Labute approximate surface area is 189 Å². The lowest BCUT2D eigenvalue weighted by Gasteiger charge is -2.36. The van der Waals surface area contributed by atoms with Gasteiger partial charge in [-0.05, 0) is 31.2 Å². The van der Waals surface area contributed by atoms with Crippen LogP contribution in [0, 0.1) is 0 Å². The maximum absolute atomic E-state index is 12.5. The van der Waals surface area contributed by atoms with Crippen molar-refractivity contribution < 1.29 is 23.8 Å². The molecule has 1 saturated heterocycles. The van der Waals surface area contributed by atoms with Crippen molar-refractivity contribution in [1.29, 1.82) is 0 Å². The number of methoxy groups -OCH3 is 3. The summed E-state index contributed by atoms with van der Waals surface area (Å²) in [4.78, 5) is 28.5. The first-order chi connectivity index (χ1) is 15.4. The second-order valence-corrected chi connectivity index (χ2v) is 7.64. The predicted molar refractivity (Wildman–Crippen MR) is 124 cm³/mol.